The number of para-hydroxylation sites is 2. The second-order valence-corrected chi connectivity index (χ2v) is 7.55. The second kappa shape index (κ2) is 7.29. The summed E-state index contributed by atoms with van der Waals surface area (Å²) in [5, 5.41) is 5.21. The van der Waals surface area contributed by atoms with E-state index in [4.69, 9.17) is 18.9 Å². The summed E-state index contributed by atoms with van der Waals surface area (Å²) < 4.78 is 22.8. The molecule has 1 amide bonds. The molecule has 0 radical (unpaired) electrons. The molecule has 3 heterocycles. The minimum absolute atomic E-state index is 0.296. The smallest absolute Gasteiger partial charge is 0.271 e. The van der Waals surface area contributed by atoms with Crippen LogP contribution in [0.2, 0.25) is 0 Å². The van der Waals surface area contributed by atoms with Gasteiger partial charge < -0.3 is 18.9 Å². The molecule has 5 rings (SSSR count). The summed E-state index contributed by atoms with van der Waals surface area (Å²) >= 11 is 1.35. The zero-order valence-electron chi connectivity index (χ0n) is 15.6. The molecule has 1 aromatic heterocycles. The van der Waals surface area contributed by atoms with Crippen LogP contribution in [0.15, 0.2) is 47.8 Å². The number of hydrogen-bond donors (Lipinski definition) is 1. The fourth-order valence-electron chi connectivity index (χ4n) is 3.25. The van der Waals surface area contributed by atoms with Gasteiger partial charge in [0.25, 0.3) is 5.91 Å². The first-order valence-corrected chi connectivity index (χ1v) is 10.1. The molecule has 8 heteroatoms. The predicted octanol–water partition coefficient (Wildman–Crippen LogP) is 3.75. The average Bonchev–Trinajstić information content (AvgIpc) is 3.21. The number of carbonyl (C=O) groups excluding carboxylic acids is 1. The lowest BCUT2D eigenvalue weighted by Crippen LogP contribution is -2.46. The Kier molecular flexibility index (Phi) is 4.48. The summed E-state index contributed by atoms with van der Waals surface area (Å²) in [7, 11) is 0. The number of thiazole rings is 1. The van der Waals surface area contributed by atoms with E-state index in [1.54, 1.807) is 6.07 Å². The zero-order chi connectivity index (χ0) is 19.8. The van der Waals surface area contributed by atoms with Crippen molar-refractivity contribution in [2.45, 2.75) is 19.1 Å². The molecule has 2 atom stereocenters. The van der Waals surface area contributed by atoms with E-state index >= 15 is 0 Å². The monoisotopic (exact) mass is 410 g/mol. The Labute approximate surface area is 171 Å². The van der Waals surface area contributed by atoms with Gasteiger partial charge in [0, 0.05) is 10.9 Å². The zero-order valence-corrected chi connectivity index (χ0v) is 16.4. The van der Waals surface area contributed by atoms with E-state index in [0.29, 0.717) is 35.6 Å². The van der Waals surface area contributed by atoms with Crippen LogP contribution in [0.25, 0.3) is 11.3 Å². The molecule has 148 valence electrons. The number of nitrogens with one attached hydrogen (secondary N) is 1. The van der Waals surface area contributed by atoms with Gasteiger partial charge in [-0.2, -0.15) is 0 Å². The molecule has 1 N–H and O–H groups in total. The quantitative estimate of drug-likeness (QED) is 0.709. The lowest BCUT2D eigenvalue weighted by Gasteiger charge is -2.30. The van der Waals surface area contributed by atoms with Crippen LogP contribution in [0.4, 0.5) is 5.13 Å². The topological polar surface area (TPSA) is 78.9 Å². The van der Waals surface area contributed by atoms with Gasteiger partial charge >= 0.3 is 0 Å². The van der Waals surface area contributed by atoms with Gasteiger partial charge in [-0.05, 0) is 37.3 Å². The van der Waals surface area contributed by atoms with E-state index in [-0.39, 0.29) is 5.91 Å². The highest BCUT2D eigenvalue weighted by molar-refractivity contribution is 7.14. The maximum absolute atomic E-state index is 12.7. The Morgan fingerprint density at radius 2 is 1.79 bits per heavy atom. The van der Waals surface area contributed by atoms with Gasteiger partial charge in [0.05, 0.1) is 5.69 Å². The highest BCUT2D eigenvalue weighted by atomic mass is 32.1. The highest BCUT2D eigenvalue weighted by Crippen LogP contribution is 2.36. The molecule has 0 bridgehead atoms. The lowest BCUT2D eigenvalue weighted by atomic mass is 10.1. The molecular formula is C21H18N2O5S. The number of rotatable bonds is 3. The normalized spacial score (nSPS) is 19.5. The summed E-state index contributed by atoms with van der Waals surface area (Å²) in [6.45, 7) is 2.89. The number of hydrogen-bond acceptors (Lipinski definition) is 7. The second-order valence-electron chi connectivity index (χ2n) is 6.69. The number of nitrogens with zero attached hydrogens (tertiary/aromatic N) is 1. The minimum Gasteiger partial charge on any atom is -0.486 e. The van der Waals surface area contributed by atoms with Crippen LogP contribution in [-0.4, -0.2) is 36.3 Å². The number of fused-ring (bicyclic) bond motifs is 2. The Balaban J connectivity index is 1.31. The molecule has 0 saturated heterocycles. The molecule has 0 fully saturated rings. The molecule has 7 nitrogen and oxygen atoms in total. The van der Waals surface area contributed by atoms with Crippen molar-refractivity contribution in [3.05, 3.63) is 47.8 Å². The van der Waals surface area contributed by atoms with Crippen LogP contribution in [-0.2, 0) is 4.79 Å². The molecule has 2 unspecified atom stereocenters. The molecule has 2 aliphatic rings. The van der Waals surface area contributed by atoms with E-state index in [2.05, 4.69) is 10.3 Å². The van der Waals surface area contributed by atoms with Crippen LogP contribution in [0, 0.1) is 0 Å². The molecule has 3 aromatic rings. The standard InChI is InChI=1S/C21H18N2O5S/c1-12-19(28-17-5-3-2-4-16(17)27-12)20(24)23-21-22-14(11-29-21)13-6-7-15-18(10-13)26-9-8-25-15/h2-7,10-12,19H,8-9H2,1H3,(H,22,23,24). The van der Waals surface area contributed by atoms with Crippen LogP contribution >= 0.6 is 11.3 Å². The van der Waals surface area contributed by atoms with Crippen molar-refractivity contribution in [2.24, 2.45) is 0 Å². The van der Waals surface area contributed by atoms with Gasteiger partial charge in [0.1, 0.15) is 19.3 Å². The van der Waals surface area contributed by atoms with Crippen LogP contribution in [0.1, 0.15) is 6.92 Å². The molecule has 0 spiro atoms. The van der Waals surface area contributed by atoms with Crippen molar-refractivity contribution in [3.8, 4) is 34.3 Å². The fourth-order valence-corrected chi connectivity index (χ4v) is 3.97. The summed E-state index contributed by atoms with van der Waals surface area (Å²) in [6, 6.07) is 13.0. The molecule has 29 heavy (non-hydrogen) atoms. The third-order valence-corrected chi connectivity index (χ3v) is 5.43. The van der Waals surface area contributed by atoms with E-state index in [1.807, 2.05) is 48.7 Å². The van der Waals surface area contributed by atoms with Gasteiger partial charge in [0.15, 0.2) is 28.1 Å². The van der Waals surface area contributed by atoms with E-state index in [1.165, 1.54) is 11.3 Å². The number of amides is 1. The highest BCUT2D eigenvalue weighted by Gasteiger charge is 2.34. The number of carbonyl (C=O) groups is 1. The van der Waals surface area contributed by atoms with Crippen molar-refractivity contribution in [1.82, 2.24) is 4.98 Å². The third kappa shape index (κ3) is 3.47. The van der Waals surface area contributed by atoms with Crippen LogP contribution in [0.3, 0.4) is 0 Å². The maximum Gasteiger partial charge on any atom is 0.271 e. The average molecular weight is 410 g/mol. The van der Waals surface area contributed by atoms with Gasteiger partial charge in [0.2, 0.25) is 6.10 Å². The largest absolute Gasteiger partial charge is 0.486 e. The minimum atomic E-state index is -0.758. The van der Waals surface area contributed by atoms with Crippen molar-refractivity contribution >= 4 is 22.4 Å². The number of benzene rings is 2. The number of aromatic nitrogens is 1. The summed E-state index contributed by atoms with van der Waals surface area (Å²) in [5.74, 6) is 2.33. The Hall–Kier alpha value is -3.26. The number of ether oxygens (including phenoxy) is 4. The van der Waals surface area contributed by atoms with Crippen molar-refractivity contribution in [3.63, 3.8) is 0 Å². The van der Waals surface area contributed by atoms with Gasteiger partial charge in [-0.1, -0.05) is 12.1 Å². The lowest BCUT2D eigenvalue weighted by molar-refractivity contribution is -0.128. The number of anilines is 1. The molecule has 0 aliphatic carbocycles. The molecular weight excluding hydrogens is 392 g/mol. The molecule has 2 aromatic carbocycles. The first-order valence-electron chi connectivity index (χ1n) is 9.26. The Morgan fingerprint density at radius 1 is 1.03 bits per heavy atom. The van der Waals surface area contributed by atoms with Gasteiger partial charge in [-0.25, -0.2) is 4.98 Å². The summed E-state index contributed by atoms with van der Waals surface area (Å²) in [4.78, 5) is 17.3. The molecule has 0 saturated carbocycles. The first-order chi connectivity index (χ1) is 14.2. The van der Waals surface area contributed by atoms with Crippen LogP contribution < -0.4 is 24.3 Å². The maximum atomic E-state index is 12.7. The van der Waals surface area contributed by atoms with E-state index in [9.17, 15) is 4.79 Å². The third-order valence-electron chi connectivity index (χ3n) is 4.67. The van der Waals surface area contributed by atoms with Crippen molar-refractivity contribution in [2.75, 3.05) is 18.5 Å². The predicted molar refractivity (Wildman–Crippen MR) is 108 cm³/mol. The molecule has 2 aliphatic heterocycles. The fraction of sp³-hybridized carbons (Fsp3) is 0.238. The first kappa shape index (κ1) is 17.8. The van der Waals surface area contributed by atoms with Crippen molar-refractivity contribution < 1.29 is 23.7 Å². The van der Waals surface area contributed by atoms with Gasteiger partial charge in [-0.3, -0.25) is 10.1 Å². The van der Waals surface area contributed by atoms with Gasteiger partial charge in [-0.15, -0.1) is 11.3 Å². The SMILES string of the molecule is CC1Oc2ccccc2OC1C(=O)Nc1nc(-c2ccc3c(c2)OCCO3)cs1. The van der Waals surface area contributed by atoms with E-state index < -0.39 is 12.2 Å². The summed E-state index contributed by atoms with van der Waals surface area (Å²) in [6.07, 6.45) is -1.17. The van der Waals surface area contributed by atoms with Crippen molar-refractivity contribution in [1.29, 1.82) is 0 Å². The summed E-state index contributed by atoms with van der Waals surface area (Å²) in [5.41, 5.74) is 1.65. The Bertz CT molecular complexity index is 1070. The van der Waals surface area contributed by atoms with E-state index in [0.717, 1.165) is 17.0 Å². The Morgan fingerprint density at radius 3 is 2.62 bits per heavy atom. The van der Waals surface area contributed by atoms with Crippen LogP contribution in [0.5, 0.6) is 23.0 Å².